The largest absolute Gasteiger partial charge is 0.497 e. The summed E-state index contributed by atoms with van der Waals surface area (Å²) in [6.45, 7) is 0. The first-order valence-corrected chi connectivity index (χ1v) is 11.4. The first kappa shape index (κ1) is 23.2. The summed E-state index contributed by atoms with van der Waals surface area (Å²) >= 11 is 0. The van der Waals surface area contributed by atoms with Gasteiger partial charge in [-0.2, -0.15) is 0 Å². The van der Waals surface area contributed by atoms with Crippen LogP contribution in [0.15, 0.2) is 54.6 Å². The van der Waals surface area contributed by atoms with Gasteiger partial charge in [0, 0.05) is 11.6 Å². The third kappa shape index (κ3) is 5.18. The van der Waals surface area contributed by atoms with Gasteiger partial charge in [-0.15, -0.1) is 0 Å². The van der Waals surface area contributed by atoms with E-state index >= 15 is 0 Å². The molecule has 1 aliphatic rings. The van der Waals surface area contributed by atoms with Crippen molar-refractivity contribution in [2.75, 3.05) is 14.2 Å². The van der Waals surface area contributed by atoms with Crippen LogP contribution in [0.1, 0.15) is 49.1 Å². The van der Waals surface area contributed by atoms with Crippen LogP contribution in [-0.2, 0) is 6.42 Å². The molecule has 0 heterocycles. The van der Waals surface area contributed by atoms with Crippen molar-refractivity contribution in [2.45, 2.75) is 44.4 Å². The van der Waals surface area contributed by atoms with E-state index in [2.05, 4.69) is 0 Å². The van der Waals surface area contributed by atoms with E-state index in [0.717, 1.165) is 32.1 Å². The number of halogens is 3. The molecule has 0 spiro atoms. The SMILES string of the molecule is COc1ccc(-c2ccc(C3CCC(CCc4ccc(OC)cc4F)CC3)c(F)c2F)cc1. The predicted octanol–water partition coefficient (Wildman–Crippen LogP) is 7.69. The smallest absolute Gasteiger partial charge is 0.166 e. The lowest BCUT2D eigenvalue weighted by molar-refractivity contribution is 0.304. The molecule has 5 heteroatoms. The monoisotopic (exact) mass is 454 g/mol. The first-order chi connectivity index (χ1) is 16.0. The number of hydrogen-bond acceptors (Lipinski definition) is 2. The standard InChI is InChI=1S/C28H29F3O2/c1-32-22-12-9-20(10-13-22)25-16-15-24(27(30)28(25)31)19-6-3-18(4-7-19)5-8-21-11-14-23(33-2)17-26(21)29/h9-19H,3-8H2,1-2H3. The van der Waals surface area contributed by atoms with Crippen LogP contribution >= 0.6 is 0 Å². The molecule has 0 saturated heterocycles. The number of hydrogen-bond donors (Lipinski definition) is 0. The Labute approximate surface area is 193 Å². The molecule has 174 valence electrons. The van der Waals surface area contributed by atoms with E-state index in [-0.39, 0.29) is 17.3 Å². The second-order valence-electron chi connectivity index (χ2n) is 8.77. The fourth-order valence-electron chi connectivity index (χ4n) is 4.85. The molecule has 1 fully saturated rings. The maximum absolute atomic E-state index is 15.0. The van der Waals surface area contributed by atoms with Crippen molar-refractivity contribution in [1.29, 1.82) is 0 Å². The Kier molecular flexibility index (Phi) is 7.26. The minimum atomic E-state index is -0.797. The summed E-state index contributed by atoms with van der Waals surface area (Å²) in [7, 11) is 3.09. The van der Waals surface area contributed by atoms with Gasteiger partial charge < -0.3 is 9.47 Å². The summed E-state index contributed by atoms with van der Waals surface area (Å²) < 4.78 is 54.3. The number of methoxy groups -OCH3 is 2. The molecule has 4 rings (SSSR count). The normalized spacial score (nSPS) is 18.2. The van der Waals surface area contributed by atoms with E-state index in [4.69, 9.17) is 9.47 Å². The Morgan fingerprint density at radius 1 is 0.758 bits per heavy atom. The maximum Gasteiger partial charge on any atom is 0.166 e. The van der Waals surface area contributed by atoms with Crippen LogP contribution in [0.3, 0.4) is 0 Å². The van der Waals surface area contributed by atoms with Gasteiger partial charge in [-0.3, -0.25) is 0 Å². The molecule has 0 unspecified atom stereocenters. The lowest BCUT2D eigenvalue weighted by Gasteiger charge is -2.29. The summed E-state index contributed by atoms with van der Waals surface area (Å²) in [6, 6.07) is 15.3. The zero-order chi connectivity index (χ0) is 23.4. The van der Waals surface area contributed by atoms with Crippen molar-refractivity contribution >= 4 is 0 Å². The van der Waals surface area contributed by atoms with Gasteiger partial charge in [0.2, 0.25) is 0 Å². The van der Waals surface area contributed by atoms with Gasteiger partial charge in [0.25, 0.3) is 0 Å². The van der Waals surface area contributed by atoms with Gasteiger partial charge in [0.15, 0.2) is 11.6 Å². The summed E-state index contributed by atoms with van der Waals surface area (Å²) in [6.07, 6.45) is 5.06. The number of rotatable bonds is 7. The van der Waals surface area contributed by atoms with Gasteiger partial charge in [-0.05, 0) is 85.3 Å². The minimum Gasteiger partial charge on any atom is -0.497 e. The van der Waals surface area contributed by atoms with Crippen LogP contribution < -0.4 is 9.47 Å². The van der Waals surface area contributed by atoms with Crippen molar-refractivity contribution in [3.8, 4) is 22.6 Å². The van der Waals surface area contributed by atoms with Crippen LogP contribution in [0.25, 0.3) is 11.1 Å². The minimum absolute atomic E-state index is 0.0124. The third-order valence-corrected chi connectivity index (χ3v) is 6.88. The molecule has 1 saturated carbocycles. The van der Waals surface area contributed by atoms with E-state index in [9.17, 15) is 13.2 Å². The molecule has 2 nitrogen and oxygen atoms in total. The van der Waals surface area contributed by atoms with Crippen molar-refractivity contribution in [1.82, 2.24) is 0 Å². The van der Waals surface area contributed by atoms with Crippen LogP contribution in [0.5, 0.6) is 11.5 Å². The highest BCUT2D eigenvalue weighted by Crippen LogP contribution is 2.40. The zero-order valence-electron chi connectivity index (χ0n) is 19.0. The molecule has 0 aromatic heterocycles. The lowest BCUT2D eigenvalue weighted by atomic mass is 9.76. The summed E-state index contributed by atoms with van der Waals surface area (Å²) in [5.41, 5.74) is 2.03. The quantitative estimate of drug-likeness (QED) is 0.364. The molecular weight excluding hydrogens is 425 g/mol. The van der Waals surface area contributed by atoms with Crippen LogP contribution in [0.4, 0.5) is 13.2 Å². The summed E-state index contributed by atoms with van der Waals surface area (Å²) in [4.78, 5) is 0. The molecule has 0 bridgehead atoms. The van der Waals surface area contributed by atoms with Crippen molar-refractivity contribution in [3.05, 3.63) is 83.2 Å². The van der Waals surface area contributed by atoms with E-state index in [1.54, 1.807) is 55.6 Å². The Balaban J connectivity index is 1.37. The average molecular weight is 455 g/mol. The van der Waals surface area contributed by atoms with Crippen LogP contribution in [-0.4, -0.2) is 14.2 Å². The Morgan fingerprint density at radius 2 is 1.42 bits per heavy atom. The number of aryl methyl sites for hydroxylation is 1. The highest BCUT2D eigenvalue weighted by Gasteiger charge is 2.26. The van der Waals surface area contributed by atoms with E-state index in [0.29, 0.717) is 40.5 Å². The van der Waals surface area contributed by atoms with E-state index < -0.39 is 11.6 Å². The van der Waals surface area contributed by atoms with E-state index in [1.807, 2.05) is 0 Å². The van der Waals surface area contributed by atoms with Gasteiger partial charge >= 0.3 is 0 Å². The Morgan fingerprint density at radius 3 is 2.06 bits per heavy atom. The fraction of sp³-hybridized carbons (Fsp3) is 0.357. The van der Waals surface area contributed by atoms with Crippen molar-refractivity contribution in [2.24, 2.45) is 5.92 Å². The summed E-state index contributed by atoms with van der Waals surface area (Å²) in [5.74, 6) is -0.112. The van der Waals surface area contributed by atoms with Crippen molar-refractivity contribution in [3.63, 3.8) is 0 Å². The molecule has 0 atom stereocenters. The highest BCUT2D eigenvalue weighted by molar-refractivity contribution is 5.65. The van der Waals surface area contributed by atoms with Gasteiger partial charge in [0.05, 0.1) is 14.2 Å². The molecule has 3 aromatic rings. The zero-order valence-corrected chi connectivity index (χ0v) is 19.0. The molecule has 0 aliphatic heterocycles. The third-order valence-electron chi connectivity index (χ3n) is 6.88. The predicted molar refractivity (Wildman–Crippen MR) is 124 cm³/mol. The molecule has 3 aromatic carbocycles. The van der Waals surface area contributed by atoms with E-state index in [1.165, 1.54) is 13.2 Å². The molecule has 0 N–H and O–H groups in total. The fourth-order valence-corrected chi connectivity index (χ4v) is 4.85. The Bertz CT molecular complexity index is 1090. The highest BCUT2D eigenvalue weighted by atomic mass is 19.2. The molecule has 1 aliphatic carbocycles. The summed E-state index contributed by atoms with van der Waals surface area (Å²) in [5, 5.41) is 0. The molecular formula is C28H29F3O2. The van der Waals surface area contributed by atoms with Gasteiger partial charge in [-0.25, -0.2) is 13.2 Å². The number of ether oxygens (including phenoxy) is 2. The number of benzene rings is 3. The lowest BCUT2D eigenvalue weighted by Crippen LogP contribution is -2.15. The van der Waals surface area contributed by atoms with Gasteiger partial charge in [-0.1, -0.05) is 30.3 Å². The van der Waals surface area contributed by atoms with Crippen LogP contribution in [0, 0.1) is 23.4 Å². The average Bonchev–Trinajstić information content (AvgIpc) is 2.85. The van der Waals surface area contributed by atoms with Crippen LogP contribution in [0.2, 0.25) is 0 Å². The second kappa shape index (κ2) is 10.3. The Hall–Kier alpha value is -2.95. The topological polar surface area (TPSA) is 18.5 Å². The first-order valence-electron chi connectivity index (χ1n) is 11.4. The molecule has 0 radical (unpaired) electrons. The molecule has 0 amide bonds. The van der Waals surface area contributed by atoms with Crippen molar-refractivity contribution < 1.29 is 22.6 Å². The van der Waals surface area contributed by atoms with Gasteiger partial charge in [0.1, 0.15) is 17.3 Å². The molecule has 33 heavy (non-hydrogen) atoms. The maximum atomic E-state index is 15.0. The second-order valence-corrected chi connectivity index (χ2v) is 8.77.